The number of carboxylic acids is 1. The number of carbonyl (C=O) groups is 2. The summed E-state index contributed by atoms with van der Waals surface area (Å²) in [6.45, 7) is 2.12. The highest BCUT2D eigenvalue weighted by atomic mass is 35.5. The van der Waals surface area contributed by atoms with Gasteiger partial charge in [-0.05, 0) is 55.6 Å². The van der Waals surface area contributed by atoms with Crippen LogP contribution in [0.5, 0.6) is 5.75 Å². The number of aromatic nitrogens is 2. The maximum atomic E-state index is 13.2. The molecule has 1 N–H and O–H groups in total. The van der Waals surface area contributed by atoms with Gasteiger partial charge < -0.3 is 14.7 Å². The topological polar surface area (TPSA) is 92.6 Å². The Bertz CT molecular complexity index is 1190. The Morgan fingerprint density at radius 3 is 2.86 bits per heavy atom. The molecule has 0 radical (unpaired) electrons. The third-order valence-corrected chi connectivity index (χ3v) is 7.71. The molecule has 2 unspecified atom stereocenters. The molecule has 1 fully saturated rings. The number of pyridine rings is 2. The van der Waals surface area contributed by atoms with Crippen LogP contribution >= 0.6 is 23.4 Å². The van der Waals surface area contributed by atoms with E-state index in [0.717, 1.165) is 30.3 Å². The fourth-order valence-electron chi connectivity index (χ4n) is 4.61. The second kappa shape index (κ2) is 11.8. The summed E-state index contributed by atoms with van der Waals surface area (Å²) in [4.78, 5) is 36.1. The number of carboxylic acid groups (broad SMARTS) is 1. The van der Waals surface area contributed by atoms with E-state index in [1.807, 2.05) is 18.2 Å². The summed E-state index contributed by atoms with van der Waals surface area (Å²) in [6.07, 6.45) is 4.76. The number of hydrogen-bond donors (Lipinski definition) is 1. The van der Waals surface area contributed by atoms with E-state index in [2.05, 4.69) is 14.9 Å². The van der Waals surface area contributed by atoms with Gasteiger partial charge >= 0.3 is 5.97 Å². The highest BCUT2D eigenvalue weighted by molar-refractivity contribution is 7.99. The van der Waals surface area contributed by atoms with Crippen molar-refractivity contribution in [3.63, 3.8) is 0 Å². The summed E-state index contributed by atoms with van der Waals surface area (Å²) >= 11 is 8.04. The standard InChI is InChI=1S/C26H28ClN3O4S/c1-34-18-6-7-22-19(14-18)25(21(27)15-29-22)23(31)8-5-17-9-11-30(16-20(17)26(32)33)12-13-35-24-4-2-3-10-28-24/h2-4,6-7,10,14-15,17,20H,5,8-9,11-13,16H2,1H3,(H,32,33). The molecule has 3 aromatic rings. The minimum absolute atomic E-state index is 0.0578. The predicted molar refractivity (Wildman–Crippen MR) is 138 cm³/mol. The number of fused-ring (bicyclic) bond motifs is 1. The quantitative estimate of drug-likeness (QED) is 0.297. The van der Waals surface area contributed by atoms with Crippen LogP contribution in [0.1, 0.15) is 29.6 Å². The van der Waals surface area contributed by atoms with Crippen molar-refractivity contribution in [2.45, 2.75) is 24.3 Å². The summed E-state index contributed by atoms with van der Waals surface area (Å²) in [5.41, 5.74) is 1.09. The minimum atomic E-state index is -0.804. The van der Waals surface area contributed by atoms with E-state index in [-0.39, 0.29) is 18.1 Å². The number of ether oxygens (including phenoxy) is 1. The molecule has 2 atom stereocenters. The molecular weight excluding hydrogens is 486 g/mol. The SMILES string of the molecule is COc1ccc2ncc(Cl)c(C(=O)CCC3CCN(CCSc4ccccn4)CC3C(=O)O)c2c1. The number of carbonyl (C=O) groups excluding carboxylic acids is 1. The largest absolute Gasteiger partial charge is 0.497 e. The minimum Gasteiger partial charge on any atom is -0.497 e. The molecule has 1 aromatic carbocycles. The molecule has 35 heavy (non-hydrogen) atoms. The van der Waals surface area contributed by atoms with E-state index in [9.17, 15) is 14.7 Å². The molecule has 2 aromatic heterocycles. The molecule has 9 heteroatoms. The Morgan fingerprint density at radius 2 is 2.11 bits per heavy atom. The van der Waals surface area contributed by atoms with Crippen LogP contribution in [-0.4, -0.2) is 64.2 Å². The number of likely N-dealkylation sites (tertiary alicyclic amines) is 1. The lowest BCUT2D eigenvalue weighted by atomic mass is 9.81. The Balaban J connectivity index is 1.37. The molecule has 0 aliphatic carbocycles. The van der Waals surface area contributed by atoms with Crippen LogP contribution in [-0.2, 0) is 4.79 Å². The zero-order chi connectivity index (χ0) is 24.8. The summed E-state index contributed by atoms with van der Waals surface area (Å²) in [6, 6.07) is 11.2. The summed E-state index contributed by atoms with van der Waals surface area (Å²) in [5.74, 6) is 0.00771. The number of nitrogens with zero attached hydrogens (tertiary/aromatic N) is 3. The number of hydrogen-bond acceptors (Lipinski definition) is 7. The van der Waals surface area contributed by atoms with Gasteiger partial charge in [0.25, 0.3) is 0 Å². The van der Waals surface area contributed by atoms with Gasteiger partial charge in [-0.3, -0.25) is 14.6 Å². The molecule has 184 valence electrons. The van der Waals surface area contributed by atoms with Crippen molar-refractivity contribution >= 4 is 46.0 Å². The molecule has 7 nitrogen and oxygen atoms in total. The smallest absolute Gasteiger partial charge is 0.308 e. The van der Waals surface area contributed by atoms with Gasteiger partial charge in [0.1, 0.15) is 5.75 Å². The van der Waals surface area contributed by atoms with Crippen LogP contribution < -0.4 is 4.74 Å². The Hall–Kier alpha value is -2.68. The van der Waals surface area contributed by atoms with Gasteiger partial charge in [-0.2, -0.15) is 0 Å². The fraction of sp³-hybridized carbons (Fsp3) is 0.385. The van der Waals surface area contributed by atoms with Gasteiger partial charge in [0, 0.05) is 48.6 Å². The van der Waals surface area contributed by atoms with Gasteiger partial charge in [-0.1, -0.05) is 17.7 Å². The van der Waals surface area contributed by atoms with E-state index < -0.39 is 11.9 Å². The van der Waals surface area contributed by atoms with Crippen molar-refractivity contribution < 1.29 is 19.4 Å². The van der Waals surface area contributed by atoms with Crippen molar-refractivity contribution in [1.29, 1.82) is 0 Å². The lowest BCUT2D eigenvalue weighted by Crippen LogP contribution is -2.44. The van der Waals surface area contributed by atoms with Crippen molar-refractivity contribution in [3.05, 3.63) is 59.4 Å². The Labute approximate surface area is 213 Å². The van der Waals surface area contributed by atoms with Crippen LogP contribution in [0, 0.1) is 11.8 Å². The molecule has 0 spiro atoms. The average molecular weight is 514 g/mol. The van der Waals surface area contributed by atoms with Crippen molar-refractivity contribution in [2.75, 3.05) is 32.5 Å². The van der Waals surface area contributed by atoms with E-state index >= 15 is 0 Å². The molecule has 1 aliphatic heterocycles. The first-order valence-electron chi connectivity index (χ1n) is 11.6. The molecule has 0 saturated carbocycles. The number of Topliss-reactive ketones (excluding diaryl/α,β-unsaturated/α-hetero) is 1. The van der Waals surface area contributed by atoms with Crippen molar-refractivity contribution in [2.24, 2.45) is 11.8 Å². The maximum Gasteiger partial charge on any atom is 0.308 e. The average Bonchev–Trinajstić information content (AvgIpc) is 2.87. The fourth-order valence-corrected chi connectivity index (χ4v) is 5.73. The molecule has 3 heterocycles. The highest BCUT2D eigenvalue weighted by Gasteiger charge is 2.34. The van der Waals surface area contributed by atoms with E-state index in [4.69, 9.17) is 16.3 Å². The zero-order valence-corrected chi connectivity index (χ0v) is 21.1. The lowest BCUT2D eigenvalue weighted by Gasteiger charge is -2.36. The van der Waals surface area contributed by atoms with Crippen LogP contribution in [0.2, 0.25) is 5.02 Å². The lowest BCUT2D eigenvalue weighted by molar-refractivity contribution is -0.146. The number of thioether (sulfide) groups is 1. The van der Waals surface area contributed by atoms with Gasteiger partial charge in [0.15, 0.2) is 5.78 Å². The monoisotopic (exact) mass is 513 g/mol. The predicted octanol–water partition coefficient (Wildman–Crippen LogP) is 5.07. The Kier molecular flexibility index (Phi) is 8.59. The molecule has 0 amide bonds. The Morgan fingerprint density at radius 1 is 1.26 bits per heavy atom. The van der Waals surface area contributed by atoms with E-state index in [1.165, 1.54) is 6.20 Å². The number of aliphatic carboxylic acids is 1. The third kappa shape index (κ3) is 6.31. The van der Waals surface area contributed by atoms with Crippen LogP contribution in [0.4, 0.5) is 0 Å². The van der Waals surface area contributed by atoms with Gasteiger partial charge in [-0.25, -0.2) is 4.98 Å². The van der Waals surface area contributed by atoms with Crippen molar-refractivity contribution in [1.82, 2.24) is 14.9 Å². The van der Waals surface area contributed by atoms with Gasteiger partial charge in [0.2, 0.25) is 0 Å². The molecule has 1 saturated heterocycles. The number of rotatable bonds is 10. The number of piperidine rings is 1. The second-order valence-corrected chi connectivity index (χ2v) is 10.2. The summed E-state index contributed by atoms with van der Waals surface area (Å²) in [5, 5.41) is 11.8. The van der Waals surface area contributed by atoms with Gasteiger partial charge in [0.05, 0.1) is 28.6 Å². The molecular formula is C26H28ClN3O4S. The molecule has 4 rings (SSSR count). The first-order chi connectivity index (χ1) is 17.0. The number of methoxy groups -OCH3 is 1. The van der Waals surface area contributed by atoms with Crippen LogP contribution in [0.25, 0.3) is 10.9 Å². The first-order valence-corrected chi connectivity index (χ1v) is 13.0. The highest BCUT2D eigenvalue weighted by Crippen LogP contribution is 2.32. The normalized spacial score (nSPS) is 18.5. The van der Waals surface area contributed by atoms with Crippen LogP contribution in [0.15, 0.2) is 53.8 Å². The molecule has 0 bridgehead atoms. The molecule has 1 aliphatic rings. The second-order valence-electron chi connectivity index (χ2n) is 8.64. The summed E-state index contributed by atoms with van der Waals surface area (Å²) in [7, 11) is 1.57. The maximum absolute atomic E-state index is 13.2. The van der Waals surface area contributed by atoms with Crippen LogP contribution in [0.3, 0.4) is 0 Å². The number of halogens is 1. The number of benzene rings is 1. The third-order valence-electron chi connectivity index (χ3n) is 6.50. The number of ketones is 1. The van der Waals surface area contributed by atoms with E-state index in [0.29, 0.717) is 40.2 Å². The summed E-state index contributed by atoms with van der Waals surface area (Å²) < 4.78 is 5.30. The zero-order valence-electron chi connectivity index (χ0n) is 19.5. The van der Waals surface area contributed by atoms with E-state index in [1.54, 1.807) is 43.3 Å². The first kappa shape index (κ1) is 25.4. The van der Waals surface area contributed by atoms with Gasteiger partial charge in [-0.15, -0.1) is 11.8 Å². The van der Waals surface area contributed by atoms with Crippen molar-refractivity contribution in [3.8, 4) is 5.75 Å².